The Hall–Kier alpha value is -0.460. The molecule has 4 atom stereocenters. The number of allylic oxidation sites excluding steroid dienone is 1. The van der Waals surface area contributed by atoms with Crippen molar-refractivity contribution in [1.82, 2.24) is 0 Å². The summed E-state index contributed by atoms with van der Waals surface area (Å²) in [6.07, 6.45) is 8.29. The quantitative estimate of drug-likeness (QED) is 0.357. The molecule has 5 heteroatoms. The summed E-state index contributed by atoms with van der Waals surface area (Å²) in [5, 5.41) is 28.5. The van der Waals surface area contributed by atoms with Crippen LogP contribution in [0.1, 0.15) is 51.4 Å². The lowest BCUT2D eigenvalue weighted by Crippen LogP contribution is -2.42. The van der Waals surface area contributed by atoms with Gasteiger partial charge in [-0.15, -0.1) is 6.58 Å². The largest absolute Gasteiger partial charge is 0.394 e. The van der Waals surface area contributed by atoms with Crippen LogP contribution in [0.4, 0.5) is 0 Å². The Morgan fingerprint density at radius 3 is 2.27 bits per heavy atom. The highest BCUT2D eigenvalue weighted by atomic mass is 16.6. The molecule has 22 heavy (non-hydrogen) atoms. The Morgan fingerprint density at radius 1 is 1.09 bits per heavy atom. The summed E-state index contributed by atoms with van der Waals surface area (Å²) in [6, 6.07) is 0. The van der Waals surface area contributed by atoms with Crippen molar-refractivity contribution in [2.24, 2.45) is 0 Å². The molecule has 130 valence electrons. The molecule has 1 rings (SSSR count). The van der Waals surface area contributed by atoms with Crippen LogP contribution in [0.15, 0.2) is 12.7 Å². The zero-order chi connectivity index (χ0) is 16.2. The van der Waals surface area contributed by atoms with Gasteiger partial charge < -0.3 is 24.8 Å². The third-order valence-corrected chi connectivity index (χ3v) is 4.12. The lowest BCUT2D eigenvalue weighted by atomic mass is 10.1. The van der Waals surface area contributed by atoms with E-state index in [1.165, 1.54) is 32.1 Å². The minimum atomic E-state index is -0.979. The van der Waals surface area contributed by atoms with E-state index in [2.05, 4.69) is 6.58 Å². The van der Waals surface area contributed by atoms with Crippen molar-refractivity contribution < 1.29 is 24.8 Å². The van der Waals surface area contributed by atoms with Crippen molar-refractivity contribution in [3.63, 3.8) is 0 Å². The fourth-order valence-electron chi connectivity index (χ4n) is 2.71. The smallest absolute Gasteiger partial charge is 0.114 e. The van der Waals surface area contributed by atoms with Crippen LogP contribution in [-0.4, -0.2) is 59.6 Å². The maximum atomic E-state index is 9.75. The number of hydrogen-bond acceptors (Lipinski definition) is 5. The average molecular weight is 316 g/mol. The van der Waals surface area contributed by atoms with E-state index in [9.17, 15) is 15.3 Å². The highest BCUT2D eigenvalue weighted by Gasteiger charge is 2.40. The molecule has 1 aliphatic heterocycles. The van der Waals surface area contributed by atoms with Crippen LogP contribution in [0.2, 0.25) is 0 Å². The molecular formula is C17H32O5. The first-order chi connectivity index (χ1) is 10.7. The molecule has 0 saturated carbocycles. The van der Waals surface area contributed by atoms with Gasteiger partial charge in [0.25, 0.3) is 0 Å². The van der Waals surface area contributed by atoms with Gasteiger partial charge in [-0.2, -0.15) is 0 Å². The standard InChI is InChI=1S/C17H32O5/c1-2-3-4-5-6-7-8-9-10-11-21-15(12-18)17-16(20)14(19)13-22-17/h2,14-20H,1,3-13H2/t14-,15+,16-,17-/m1/s1. The van der Waals surface area contributed by atoms with Crippen LogP contribution in [-0.2, 0) is 9.47 Å². The van der Waals surface area contributed by atoms with Gasteiger partial charge in [-0.05, 0) is 19.3 Å². The first-order valence-corrected chi connectivity index (χ1v) is 8.51. The van der Waals surface area contributed by atoms with E-state index < -0.39 is 24.4 Å². The average Bonchev–Trinajstić information content (AvgIpc) is 2.85. The molecule has 1 heterocycles. The molecule has 5 nitrogen and oxygen atoms in total. The second kappa shape index (κ2) is 12.0. The Labute approximate surface area is 133 Å². The van der Waals surface area contributed by atoms with Crippen molar-refractivity contribution in [3.05, 3.63) is 12.7 Å². The number of hydrogen-bond donors (Lipinski definition) is 3. The van der Waals surface area contributed by atoms with Gasteiger partial charge in [0, 0.05) is 6.61 Å². The molecule has 0 amide bonds. The molecule has 0 aromatic carbocycles. The summed E-state index contributed by atoms with van der Waals surface area (Å²) >= 11 is 0. The van der Waals surface area contributed by atoms with Gasteiger partial charge in [-0.25, -0.2) is 0 Å². The lowest BCUT2D eigenvalue weighted by molar-refractivity contribution is -0.101. The predicted molar refractivity (Wildman–Crippen MR) is 85.7 cm³/mol. The number of aliphatic hydroxyl groups excluding tert-OH is 3. The van der Waals surface area contributed by atoms with Gasteiger partial charge in [-0.1, -0.05) is 38.2 Å². The highest BCUT2D eigenvalue weighted by Crippen LogP contribution is 2.20. The molecule has 0 aliphatic carbocycles. The minimum Gasteiger partial charge on any atom is -0.394 e. The first-order valence-electron chi connectivity index (χ1n) is 8.51. The van der Waals surface area contributed by atoms with Gasteiger partial charge in [0.1, 0.15) is 24.4 Å². The van der Waals surface area contributed by atoms with E-state index in [4.69, 9.17) is 9.47 Å². The van der Waals surface area contributed by atoms with Crippen LogP contribution in [0.3, 0.4) is 0 Å². The molecule has 1 aliphatic rings. The molecule has 0 radical (unpaired) electrons. The first kappa shape index (κ1) is 19.6. The van der Waals surface area contributed by atoms with Crippen molar-refractivity contribution in [1.29, 1.82) is 0 Å². The summed E-state index contributed by atoms with van der Waals surface area (Å²) in [7, 11) is 0. The normalized spacial score (nSPS) is 26.2. The maximum absolute atomic E-state index is 9.75. The molecule has 1 fully saturated rings. The molecule has 1 saturated heterocycles. The highest BCUT2D eigenvalue weighted by molar-refractivity contribution is 4.88. The Bertz CT molecular complexity index is 284. The molecule has 0 aromatic heterocycles. The van der Waals surface area contributed by atoms with E-state index in [0.29, 0.717) is 6.61 Å². The van der Waals surface area contributed by atoms with Crippen molar-refractivity contribution in [3.8, 4) is 0 Å². The summed E-state index contributed by atoms with van der Waals surface area (Å²) < 4.78 is 10.9. The lowest BCUT2D eigenvalue weighted by Gasteiger charge is -2.24. The van der Waals surface area contributed by atoms with Crippen LogP contribution >= 0.6 is 0 Å². The SMILES string of the molecule is C=CCCCCCCCCCO[C@@H](CO)[C@H]1OC[C@@H](O)[C@H]1O. The zero-order valence-electron chi connectivity index (χ0n) is 13.5. The molecule has 0 spiro atoms. The second-order valence-corrected chi connectivity index (χ2v) is 6.00. The summed E-state index contributed by atoms with van der Waals surface area (Å²) in [5.41, 5.74) is 0. The fraction of sp³-hybridized carbons (Fsp3) is 0.882. The summed E-state index contributed by atoms with van der Waals surface area (Å²) in [4.78, 5) is 0. The number of unbranched alkanes of at least 4 members (excludes halogenated alkanes) is 7. The Kier molecular flexibility index (Phi) is 10.7. The van der Waals surface area contributed by atoms with E-state index in [0.717, 1.165) is 19.3 Å². The summed E-state index contributed by atoms with van der Waals surface area (Å²) in [5.74, 6) is 0. The number of ether oxygens (including phenoxy) is 2. The van der Waals surface area contributed by atoms with Crippen LogP contribution < -0.4 is 0 Å². The van der Waals surface area contributed by atoms with Gasteiger partial charge in [0.05, 0.1) is 13.2 Å². The molecule has 0 bridgehead atoms. The molecule has 0 aromatic rings. The Morgan fingerprint density at radius 2 is 1.73 bits per heavy atom. The second-order valence-electron chi connectivity index (χ2n) is 6.00. The zero-order valence-corrected chi connectivity index (χ0v) is 13.5. The van der Waals surface area contributed by atoms with E-state index in [-0.39, 0.29) is 13.2 Å². The Balaban J connectivity index is 1.99. The van der Waals surface area contributed by atoms with Gasteiger partial charge in [0.2, 0.25) is 0 Å². The van der Waals surface area contributed by atoms with Crippen molar-refractivity contribution >= 4 is 0 Å². The predicted octanol–water partition coefficient (Wildman–Crippen LogP) is 1.79. The summed E-state index contributed by atoms with van der Waals surface area (Å²) in [6.45, 7) is 4.15. The third kappa shape index (κ3) is 7.20. The fourth-order valence-corrected chi connectivity index (χ4v) is 2.71. The topological polar surface area (TPSA) is 79.2 Å². The van der Waals surface area contributed by atoms with Crippen molar-refractivity contribution in [2.45, 2.75) is 75.8 Å². The number of aliphatic hydroxyl groups is 3. The van der Waals surface area contributed by atoms with Crippen LogP contribution in [0.25, 0.3) is 0 Å². The molecule has 0 unspecified atom stereocenters. The van der Waals surface area contributed by atoms with Crippen LogP contribution in [0.5, 0.6) is 0 Å². The van der Waals surface area contributed by atoms with E-state index in [1.54, 1.807) is 0 Å². The van der Waals surface area contributed by atoms with Crippen molar-refractivity contribution in [2.75, 3.05) is 19.8 Å². The molecule has 3 N–H and O–H groups in total. The monoisotopic (exact) mass is 316 g/mol. The molecular weight excluding hydrogens is 284 g/mol. The van der Waals surface area contributed by atoms with Gasteiger partial charge >= 0.3 is 0 Å². The van der Waals surface area contributed by atoms with E-state index in [1.807, 2.05) is 6.08 Å². The van der Waals surface area contributed by atoms with Crippen LogP contribution in [0, 0.1) is 0 Å². The number of rotatable bonds is 13. The van der Waals surface area contributed by atoms with Gasteiger partial charge in [0.15, 0.2) is 0 Å². The van der Waals surface area contributed by atoms with E-state index >= 15 is 0 Å². The maximum Gasteiger partial charge on any atom is 0.114 e. The third-order valence-electron chi connectivity index (χ3n) is 4.12. The minimum absolute atomic E-state index is 0.0948. The van der Waals surface area contributed by atoms with Gasteiger partial charge in [-0.3, -0.25) is 0 Å².